The highest BCUT2D eigenvalue weighted by molar-refractivity contribution is 5.99. The van der Waals surface area contributed by atoms with Crippen LogP contribution in [0.1, 0.15) is 37.0 Å². The molecule has 2 rings (SSSR count). The highest BCUT2D eigenvalue weighted by Crippen LogP contribution is 2.29. The van der Waals surface area contributed by atoms with Gasteiger partial charge in [0.25, 0.3) is 5.91 Å². The van der Waals surface area contributed by atoms with Gasteiger partial charge in [0, 0.05) is 25.2 Å². The number of hydrogen-bond donors (Lipinski definition) is 3. The molecular weight excluding hydrogens is 256 g/mol. The van der Waals surface area contributed by atoms with Gasteiger partial charge in [-0.25, -0.2) is 0 Å². The Hall–Kier alpha value is -1.75. The lowest BCUT2D eigenvalue weighted by Gasteiger charge is -2.40. The van der Waals surface area contributed by atoms with Gasteiger partial charge in [0.2, 0.25) is 0 Å². The number of nitrogens with zero attached hydrogens (tertiary/aromatic N) is 1. The molecule has 20 heavy (non-hydrogen) atoms. The second-order valence-electron chi connectivity index (χ2n) is 5.20. The third-order valence-corrected chi connectivity index (χ3v) is 3.96. The van der Waals surface area contributed by atoms with Crippen LogP contribution in [0.15, 0.2) is 18.2 Å². The fraction of sp³-hybridized carbons (Fsp3) is 0.533. The molecule has 0 aliphatic carbocycles. The number of amides is 1. The van der Waals surface area contributed by atoms with E-state index >= 15 is 0 Å². The minimum Gasteiger partial charge on any atom is -0.507 e. The van der Waals surface area contributed by atoms with Crippen molar-refractivity contribution in [3.63, 3.8) is 0 Å². The molecule has 2 unspecified atom stereocenters. The first-order valence-electron chi connectivity index (χ1n) is 7.13. The topological polar surface area (TPSA) is 72.8 Å². The van der Waals surface area contributed by atoms with Gasteiger partial charge in [-0.2, -0.15) is 0 Å². The maximum absolute atomic E-state index is 12.7. The van der Waals surface area contributed by atoms with Crippen LogP contribution in [0.3, 0.4) is 0 Å². The predicted octanol–water partition coefficient (Wildman–Crippen LogP) is 1.70. The average molecular weight is 278 g/mol. The maximum atomic E-state index is 12.7. The van der Waals surface area contributed by atoms with Crippen LogP contribution in [0.4, 0.5) is 0 Å². The zero-order valence-electron chi connectivity index (χ0n) is 12.0. The molecule has 5 heteroatoms. The molecular formula is C15H22N2O3. The Bertz CT molecular complexity index is 470. The summed E-state index contributed by atoms with van der Waals surface area (Å²) in [5, 5.41) is 23.1. The first-order chi connectivity index (χ1) is 9.58. The molecule has 1 aromatic rings. The normalized spacial score (nSPS) is 22.8. The van der Waals surface area contributed by atoms with Crippen molar-refractivity contribution in [1.29, 1.82) is 0 Å². The zero-order valence-corrected chi connectivity index (χ0v) is 12.0. The molecule has 0 saturated carbocycles. The van der Waals surface area contributed by atoms with Crippen LogP contribution in [-0.4, -0.2) is 46.2 Å². The summed E-state index contributed by atoms with van der Waals surface area (Å²) >= 11 is 0. The lowest BCUT2D eigenvalue weighted by molar-refractivity contribution is 0.0570. The van der Waals surface area contributed by atoms with Crippen LogP contribution >= 0.6 is 0 Å². The first kappa shape index (κ1) is 14.7. The number of carbonyl (C=O) groups is 1. The van der Waals surface area contributed by atoms with Crippen LogP contribution in [0.5, 0.6) is 11.5 Å². The minimum absolute atomic E-state index is 0.00250. The summed E-state index contributed by atoms with van der Waals surface area (Å²) in [7, 11) is 0. The lowest BCUT2D eigenvalue weighted by Crippen LogP contribution is -2.57. The van der Waals surface area contributed by atoms with E-state index in [0.717, 1.165) is 19.4 Å². The van der Waals surface area contributed by atoms with E-state index in [0.29, 0.717) is 6.54 Å². The van der Waals surface area contributed by atoms with E-state index in [1.165, 1.54) is 18.2 Å². The monoisotopic (exact) mass is 278 g/mol. The Morgan fingerprint density at radius 2 is 1.95 bits per heavy atom. The Kier molecular flexibility index (Phi) is 4.49. The molecule has 1 aliphatic rings. The van der Waals surface area contributed by atoms with E-state index in [1.807, 2.05) is 6.92 Å². The van der Waals surface area contributed by atoms with Crippen molar-refractivity contribution >= 4 is 5.91 Å². The fourth-order valence-electron chi connectivity index (χ4n) is 2.64. The van der Waals surface area contributed by atoms with E-state index < -0.39 is 0 Å². The highest BCUT2D eigenvalue weighted by atomic mass is 16.3. The number of carbonyl (C=O) groups excluding carboxylic acids is 1. The Labute approximate surface area is 119 Å². The molecule has 0 spiro atoms. The van der Waals surface area contributed by atoms with Crippen LogP contribution in [0.2, 0.25) is 0 Å². The Balaban J connectivity index is 2.29. The smallest absolute Gasteiger partial charge is 0.261 e. The second kappa shape index (κ2) is 6.13. The number of piperazine rings is 1. The van der Waals surface area contributed by atoms with Gasteiger partial charge in [-0.1, -0.05) is 19.9 Å². The van der Waals surface area contributed by atoms with Crippen LogP contribution < -0.4 is 5.32 Å². The zero-order chi connectivity index (χ0) is 14.7. The Morgan fingerprint density at radius 1 is 1.30 bits per heavy atom. The molecule has 0 aromatic heterocycles. The number of hydrogen-bond acceptors (Lipinski definition) is 4. The van der Waals surface area contributed by atoms with Gasteiger partial charge >= 0.3 is 0 Å². The summed E-state index contributed by atoms with van der Waals surface area (Å²) in [5.74, 6) is -0.639. The van der Waals surface area contributed by atoms with Crippen LogP contribution in [0.25, 0.3) is 0 Å². The summed E-state index contributed by atoms with van der Waals surface area (Å²) in [4.78, 5) is 14.4. The molecule has 1 heterocycles. The van der Waals surface area contributed by atoms with Crippen molar-refractivity contribution in [2.45, 2.75) is 38.8 Å². The third-order valence-electron chi connectivity index (χ3n) is 3.96. The third kappa shape index (κ3) is 2.72. The van der Waals surface area contributed by atoms with Gasteiger partial charge in [-0.05, 0) is 25.0 Å². The van der Waals surface area contributed by atoms with E-state index in [9.17, 15) is 15.0 Å². The van der Waals surface area contributed by atoms with Gasteiger partial charge in [-0.15, -0.1) is 0 Å². The molecule has 2 atom stereocenters. The van der Waals surface area contributed by atoms with E-state index in [2.05, 4.69) is 12.2 Å². The number of phenolic OH excluding ortho intramolecular Hbond substituents is 2. The molecule has 3 N–H and O–H groups in total. The molecule has 1 saturated heterocycles. The number of rotatable bonds is 3. The summed E-state index contributed by atoms with van der Waals surface area (Å²) in [6.45, 7) is 5.45. The van der Waals surface area contributed by atoms with Crippen molar-refractivity contribution in [2.24, 2.45) is 0 Å². The van der Waals surface area contributed by atoms with Crippen molar-refractivity contribution in [1.82, 2.24) is 10.2 Å². The van der Waals surface area contributed by atoms with Crippen molar-refractivity contribution < 1.29 is 15.0 Å². The largest absolute Gasteiger partial charge is 0.507 e. The number of benzene rings is 1. The summed E-state index contributed by atoms with van der Waals surface area (Å²) in [5.41, 5.74) is 0.00250. The molecule has 0 bridgehead atoms. The molecule has 1 amide bonds. The van der Waals surface area contributed by atoms with Crippen molar-refractivity contribution in [3.05, 3.63) is 23.8 Å². The lowest BCUT2D eigenvalue weighted by atomic mass is 10.0. The van der Waals surface area contributed by atoms with E-state index in [-0.39, 0.29) is 35.1 Å². The molecule has 1 fully saturated rings. The number of nitrogens with one attached hydrogen (secondary N) is 1. The minimum atomic E-state index is -0.299. The predicted molar refractivity (Wildman–Crippen MR) is 77.0 cm³/mol. The number of phenols is 2. The average Bonchev–Trinajstić information content (AvgIpc) is 2.46. The van der Waals surface area contributed by atoms with Crippen molar-refractivity contribution in [3.8, 4) is 11.5 Å². The number of aromatic hydroxyl groups is 2. The quantitative estimate of drug-likeness (QED) is 0.787. The van der Waals surface area contributed by atoms with Gasteiger partial charge in [0.15, 0.2) is 0 Å². The van der Waals surface area contributed by atoms with E-state index in [1.54, 1.807) is 4.90 Å². The van der Waals surface area contributed by atoms with Crippen LogP contribution in [-0.2, 0) is 0 Å². The second-order valence-corrected chi connectivity index (χ2v) is 5.20. The first-order valence-corrected chi connectivity index (χ1v) is 7.13. The molecule has 5 nitrogen and oxygen atoms in total. The molecule has 1 aliphatic heterocycles. The highest BCUT2D eigenvalue weighted by Gasteiger charge is 2.32. The van der Waals surface area contributed by atoms with Crippen LogP contribution in [0, 0.1) is 0 Å². The SMILES string of the molecule is CCC1CN(C(=O)c2c(O)cccc2O)C(CC)CN1. The van der Waals surface area contributed by atoms with Gasteiger partial charge < -0.3 is 20.4 Å². The maximum Gasteiger partial charge on any atom is 0.261 e. The Morgan fingerprint density at radius 3 is 2.50 bits per heavy atom. The van der Waals surface area contributed by atoms with E-state index in [4.69, 9.17) is 0 Å². The summed E-state index contributed by atoms with van der Waals surface area (Å²) in [6.07, 6.45) is 1.77. The van der Waals surface area contributed by atoms with Gasteiger partial charge in [0.05, 0.1) is 0 Å². The molecule has 0 radical (unpaired) electrons. The van der Waals surface area contributed by atoms with Gasteiger partial charge in [-0.3, -0.25) is 4.79 Å². The van der Waals surface area contributed by atoms with Gasteiger partial charge in [0.1, 0.15) is 17.1 Å². The molecule has 1 aromatic carbocycles. The molecule has 110 valence electrons. The fourth-order valence-corrected chi connectivity index (χ4v) is 2.64. The van der Waals surface area contributed by atoms with Crippen molar-refractivity contribution in [2.75, 3.05) is 13.1 Å². The summed E-state index contributed by atoms with van der Waals surface area (Å²) in [6, 6.07) is 4.71. The summed E-state index contributed by atoms with van der Waals surface area (Å²) < 4.78 is 0. The standard InChI is InChI=1S/C15H22N2O3/c1-3-10-9-17(11(4-2)8-16-10)15(20)14-12(18)6-5-7-13(14)19/h5-7,10-11,16,18-19H,3-4,8-9H2,1-2H3.